The highest BCUT2D eigenvalue weighted by Gasteiger charge is 2.40. The van der Waals surface area contributed by atoms with Gasteiger partial charge in [-0.2, -0.15) is 0 Å². The Bertz CT molecular complexity index is 982. The molecule has 0 aliphatic heterocycles. The first-order valence-electron chi connectivity index (χ1n) is 8.29. The number of carbonyl (C=O) groups excluding carboxylic acids is 3. The average molecular weight is 328 g/mol. The molecular weight excluding hydrogens is 312 g/mol. The molecule has 0 fully saturated rings. The molecule has 3 heteroatoms. The first-order valence-corrected chi connectivity index (χ1v) is 8.29. The number of rotatable bonds is 1. The van der Waals surface area contributed by atoms with E-state index in [1.807, 2.05) is 26.0 Å². The van der Waals surface area contributed by atoms with Crippen LogP contribution in [0.15, 0.2) is 65.8 Å². The Kier molecular flexibility index (Phi) is 3.39. The van der Waals surface area contributed by atoms with Crippen molar-refractivity contribution >= 4 is 22.9 Å². The van der Waals surface area contributed by atoms with Gasteiger partial charge in [-0.1, -0.05) is 68.5 Å². The Balaban J connectivity index is 2.06. The van der Waals surface area contributed by atoms with Crippen molar-refractivity contribution in [2.24, 2.45) is 5.92 Å². The second-order valence-corrected chi connectivity index (χ2v) is 6.65. The zero-order chi connectivity index (χ0) is 17.7. The van der Waals surface area contributed by atoms with Crippen LogP contribution in [0, 0.1) is 5.92 Å². The smallest absolute Gasteiger partial charge is 0.198 e. The van der Waals surface area contributed by atoms with E-state index in [0.717, 1.165) is 0 Å². The highest BCUT2D eigenvalue weighted by Crippen LogP contribution is 2.43. The molecule has 122 valence electrons. The molecular formula is C22H16O3. The number of hydrogen-bond donors (Lipinski definition) is 0. The highest BCUT2D eigenvalue weighted by molar-refractivity contribution is 6.45. The number of fused-ring (bicyclic) bond motifs is 2. The predicted octanol–water partition coefficient (Wildman–Crippen LogP) is 4.30. The minimum atomic E-state index is -0.297. The van der Waals surface area contributed by atoms with Crippen LogP contribution in [-0.2, 0) is 0 Å². The molecule has 0 N–H and O–H groups in total. The topological polar surface area (TPSA) is 51.2 Å². The van der Waals surface area contributed by atoms with Crippen molar-refractivity contribution in [3.8, 4) is 0 Å². The summed E-state index contributed by atoms with van der Waals surface area (Å²) in [5.74, 6) is -0.592. The predicted molar refractivity (Wildman–Crippen MR) is 95.7 cm³/mol. The fourth-order valence-corrected chi connectivity index (χ4v) is 3.54. The minimum Gasteiger partial charge on any atom is -0.289 e. The molecule has 0 atom stereocenters. The van der Waals surface area contributed by atoms with Gasteiger partial charge in [0, 0.05) is 27.8 Å². The van der Waals surface area contributed by atoms with Crippen LogP contribution in [-0.4, -0.2) is 17.3 Å². The lowest BCUT2D eigenvalue weighted by molar-refractivity contribution is 0.0989. The van der Waals surface area contributed by atoms with Gasteiger partial charge in [-0.25, -0.2) is 0 Å². The van der Waals surface area contributed by atoms with Crippen molar-refractivity contribution in [2.75, 3.05) is 0 Å². The minimum absolute atomic E-state index is 0.117. The summed E-state index contributed by atoms with van der Waals surface area (Å²) in [6, 6.07) is 14.0. The number of carbonyl (C=O) groups is 3. The third-order valence-corrected chi connectivity index (χ3v) is 4.58. The molecule has 0 saturated heterocycles. The summed E-state index contributed by atoms with van der Waals surface area (Å²) in [5.41, 5.74) is 3.11. The Morgan fingerprint density at radius 1 is 0.640 bits per heavy atom. The number of benzene rings is 2. The fraction of sp³-hybridized carbons (Fsp3) is 0.136. The van der Waals surface area contributed by atoms with Crippen molar-refractivity contribution in [3.05, 3.63) is 88.0 Å². The van der Waals surface area contributed by atoms with Gasteiger partial charge < -0.3 is 0 Å². The maximum Gasteiger partial charge on any atom is 0.198 e. The lowest BCUT2D eigenvalue weighted by Crippen LogP contribution is -2.06. The molecule has 2 aromatic rings. The summed E-state index contributed by atoms with van der Waals surface area (Å²) >= 11 is 0. The number of ketones is 3. The molecule has 4 rings (SSSR count). The van der Waals surface area contributed by atoms with Crippen LogP contribution in [0.4, 0.5) is 0 Å². The summed E-state index contributed by atoms with van der Waals surface area (Å²) in [5, 5.41) is 0. The Morgan fingerprint density at radius 2 is 1.08 bits per heavy atom. The quantitative estimate of drug-likeness (QED) is 0.579. The van der Waals surface area contributed by atoms with Gasteiger partial charge in [0.25, 0.3) is 0 Å². The second kappa shape index (κ2) is 5.49. The van der Waals surface area contributed by atoms with E-state index in [9.17, 15) is 14.4 Å². The van der Waals surface area contributed by atoms with Crippen molar-refractivity contribution in [3.63, 3.8) is 0 Å². The first kappa shape index (κ1) is 15.5. The van der Waals surface area contributed by atoms with Crippen molar-refractivity contribution in [1.29, 1.82) is 0 Å². The maximum atomic E-state index is 12.9. The van der Waals surface area contributed by atoms with E-state index in [2.05, 4.69) is 0 Å². The standard InChI is InChI=1S/C22H16O3/c1-12(2)11-17-18(13-7-3-4-8-14(13)20(17)23)19-21(24)15-9-5-6-10-16(15)22(19)25/h3-12H,1-2H3. The Labute approximate surface area is 145 Å². The van der Waals surface area contributed by atoms with E-state index in [4.69, 9.17) is 0 Å². The highest BCUT2D eigenvalue weighted by atomic mass is 16.2. The molecule has 2 aliphatic rings. The molecule has 3 nitrogen and oxygen atoms in total. The van der Waals surface area contributed by atoms with E-state index >= 15 is 0 Å². The number of Topliss-reactive ketones (excluding diaryl/α,β-unsaturated/α-hetero) is 3. The third kappa shape index (κ3) is 2.16. The van der Waals surface area contributed by atoms with Gasteiger partial charge in [0.05, 0.1) is 5.57 Å². The molecule has 25 heavy (non-hydrogen) atoms. The van der Waals surface area contributed by atoms with Gasteiger partial charge in [0.2, 0.25) is 0 Å². The molecule has 0 spiro atoms. The van der Waals surface area contributed by atoms with Crippen LogP contribution >= 0.6 is 0 Å². The van der Waals surface area contributed by atoms with Crippen molar-refractivity contribution < 1.29 is 14.4 Å². The van der Waals surface area contributed by atoms with Gasteiger partial charge >= 0.3 is 0 Å². The van der Waals surface area contributed by atoms with Gasteiger partial charge in [0.15, 0.2) is 17.3 Å². The summed E-state index contributed by atoms with van der Waals surface area (Å²) in [6.07, 6.45) is 1.84. The zero-order valence-electron chi connectivity index (χ0n) is 14.0. The maximum absolute atomic E-state index is 12.9. The number of hydrogen-bond acceptors (Lipinski definition) is 3. The van der Waals surface area contributed by atoms with Crippen LogP contribution in [0.5, 0.6) is 0 Å². The van der Waals surface area contributed by atoms with E-state index < -0.39 is 0 Å². The third-order valence-electron chi connectivity index (χ3n) is 4.58. The monoisotopic (exact) mass is 328 g/mol. The van der Waals surface area contributed by atoms with Crippen LogP contribution < -0.4 is 0 Å². The molecule has 0 radical (unpaired) electrons. The Morgan fingerprint density at radius 3 is 1.56 bits per heavy atom. The van der Waals surface area contributed by atoms with Crippen molar-refractivity contribution in [2.45, 2.75) is 13.8 Å². The van der Waals surface area contributed by atoms with E-state index in [-0.39, 0.29) is 28.8 Å². The molecule has 0 aromatic heterocycles. The van der Waals surface area contributed by atoms with Crippen LogP contribution in [0.3, 0.4) is 0 Å². The molecule has 0 bridgehead atoms. The van der Waals surface area contributed by atoms with Crippen LogP contribution in [0.2, 0.25) is 0 Å². The summed E-state index contributed by atoms with van der Waals surface area (Å²) in [6.45, 7) is 3.94. The SMILES string of the molecule is CC(C)C=C1C(=O)c2ccccc2C1=C1C(=O)c2ccccc2C1=O. The summed E-state index contributed by atoms with van der Waals surface area (Å²) in [4.78, 5) is 38.7. The molecule has 2 aliphatic carbocycles. The van der Waals surface area contributed by atoms with Gasteiger partial charge in [0.1, 0.15) is 0 Å². The summed E-state index contributed by atoms with van der Waals surface area (Å²) in [7, 11) is 0. The fourth-order valence-electron chi connectivity index (χ4n) is 3.54. The van der Waals surface area contributed by atoms with E-state index in [0.29, 0.717) is 33.4 Å². The van der Waals surface area contributed by atoms with E-state index in [1.54, 1.807) is 42.5 Å². The first-order chi connectivity index (χ1) is 12.0. The largest absolute Gasteiger partial charge is 0.289 e. The average Bonchev–Trinajstić information content (AvgIpc) is 3.01. The van der Waals surface area contributed by atoms with Crippen LogP contribution in [0.25, 0.3) is 5.57 Å². The lowest BCUT2D eigenvalue weighted by Gasteiger charge is -2.07. The normalized spacial score (nSPS) is 17.7. The second-order valence-electron chi connectivity index (χ2n) is 6.65. The summed E-state index contributed by atoms with van der Waals surface area (Å²) < 4.78 is 0. The number of allylic oxidation sites excluding steroid dienone is 4. The zero-order valence-corrected chi connectivity index (χ0v) is 14.0. The van der Waals surface area contributed by atoms with Crippen molar-refractivity contribution in [1.82, 2.24) is 0 Å². The van der Waals surface area contributed by atoms with Crippen LogP contribution in [0.1, 0.15) is 50.5 Å². The molecule has 0 unspecified atom stereocenters. The molecule has 0 saturated carbocycles. The van der Waals surface area contributed by atoms with Gasteiger partial charge in [-0.15, -0.1) is 0 Å². The molecule has 0 heterocycles. The lowest BCUT2D eigenvalue weighted by atomic mass is 9.94. The van der Waals surface area contributed by atoms with Gasteiger partial charge in [-0.3, -0.25) is 14.4 Å². The molecule has 0 amide bonds. The van der Waals surface area contributed by atoms with E-state index in [1.165, 1.54) is 0 Å². The van der Waals surface area contributed by atoms with Gasteiger partial charge in [-0.05, 0) is 11.5 Å². The Hall–Kier alpha value is -3.07. The molecule has 2 aromatic carbocycles.